The second kappa shape index (κ2) is 20.4. The summed E-state index contributed by atoms with van der Waals surface area (Å²) in [4.78, 5) is 26.2. The van der Waals surface area contributed by atoms with Crippen molar-refractivity contribution in [2.24, 2.45) is 0 Å². The lowest BCUT2D eigenvalue weighted by molar-refractivity contribution is -0.124. The van der Waals surface area contributed by atoms with Crippen LogP contribution in [0.5, 0.6) is 0 Å². The Hall–Kier alpha value is -2.62. The van der Waals surface area contributed by atoms with Gasteiger partial charge in [-0.15, -0.1) is 0 Å². The lowest BCUT2D eigenvalue weighted by Crippen LogP contribution is -2.40. The fraction of sp³-hybridized carbons (Fsp3) is 0.588. The molecule has 2 aromatic carbocycles. The van der Waals surface area contributed by atoms with E-state index in [9.17, 15) is 9.59 Å². The van der Waals surface area contributed by atoms with Crippen LogP contribution in [0.1, 0.15) is 140 Å². The molecule has 0 aliphatic carbocycles. The first-order valence-electron chi connectivity index (χ1n) is 15.3. The standard InChI is InChI=1S/C34H52N2O2/c1-3-5-7-9-11-13-21-27-31(37)35-33(29-23-17-15-18-24-29)34(30-25-19-16-20-26-30)36-32(38)28-22-14-12-10-8-6-4-2/h15-20,23-26,33-34H,3-14,21-22,27-28H2,1-2H3,(H,35,37)(H,36,38)/t33-,34-/m0/s1. The Morgan fingerprint density at radius 3 is 1.16 bits per heavy atom. The lowest BCUT2D eigenvalue weighted by Gasteiger charge is -2.30. The summed E-state index contributed by atoms with van der Waals surface area (Å²) in [6.45, 7) is 4.46. The molecule has 4 heteroatoms. The molecule has 0 unspecified atom stereocenters. The van der Waals surface area contributed by atoms with E-state index in [-0.39, 0.29) is 23.9 Å². The Morgan fingerprint density at radius 2 is 0.816 bits per heavy atom. The zero-order valence-corrected chi connectivity index (χ0v) is 24.1. The Balaban J connectivity index is 2.02. The molecule has 0 aliphatic rings. The largest absolute Gasteiger partial charge is 0.347 e. The van der Waals surface area contributed by atoms with Crippen LogP contribution < -0.4 is 10.6 Å². The van der Waals surface area contributed by atoms with Crippen LogP contribution in [0, 0.1) is 0 Å². The summed E-state index contributed by atoms with van der Waals surface area (Å²) >= 11 is 0. The Morgan fingerprint density at radius 1 is 0.500 bits per heavy atom. The molecular weight excluding hydrogens is 468 g/mol. The van der Waals surface area contributed by atoms with Gasteiger partial charge in [0.15, 0.2) is 0 Å². The highest BCUT2D eigenvalue weighted by atomic mass is 16.2. The quantitative estimate of drug-likeness (QED) is 0.161. The van der Waals surface area contributed by atoms with Gasteiger partial charge in [0.2, 0.25) is 11.8 Å². The fourth-order valence-corrected chi connectivity index (χ4v) is 5.02. The maximum absolute atomic E-state index is 13.1. The van der Waals surface area contributed by atoms with E-state index in [4.69, 9.17) is 0 Å². The minimum absolute atomic E-state index is 0.0506. The van der Waals surface area contributed by atoms with Gasteiger partial charge < -0.3 is 10.6 Å². The highest BCUT2D eigenvalue weighted by Crippen LogP contribution is 2.29. The van der Waals surface area contributed by atoms with E-state index < -0.39 is 0 Å². The number of unbranched alkanes of at least 4 members (excludes halogenated alkanes) is 12. The van der Waals surface area contributed by atoms with Crippen molar-refractivity contribution in [2.75, 3.05) is 0 Å². The molecule has 210 valence electrons. The van der Waals surface area contributed by atoms with Crippen LogP contribution in [-0.2, 0) is 9.59 Å². The lowest BCUT2D eigenvalue weighted by atomic mass is 9.92. The minimum Gasteiger partial charge on any atom is -0.347 e. The van der Waals surface area contributed by atoms with Crippen molar-refractivity contribution in [2.45, 2.75) is 129 Å². The molecule has 2 atom stereocenters. The van der Waals surface area contributed by atoms with Crippen LogP contribution in [0.2, 0.25) is 0 Å². The molecule has 2 rings (SSSR count). The van der Waals surface area contributed by atoms with Gasteiger partial charge in [-0.2, -0.15) is 0 Å². The molecule has 2 N–H and O–H groups in total. The molecule has 2 aromatic rings. The molecule has 0 aliphatic heterocycles. The predicted molar refractivity (Wildman–Crippen MR) is 160 cm³/mol. The van der Waals surface area contributed by atoms with Gasteiger partial charge in [-0.25, -0.2) is 0 Å². The van der Waals surface area contributed by atoms with Crippen molar-refractivity contribution in [3.05, 3.63) is 71.8 Å². The van der Waals surface area contributed by atoms with Gasteiger partial charge in [0.05, 0.1) is 12.1 Å². The van der Waals surface area contributed by atoms with E-state index in [1.807, 2.05) is 60.7 Å². The highest BCUT2D eigenvalue weighted by Gasteiger charge is 2.27. The van der Waals surface area contributed by atoms with Crippen molar-refractivity contribution < 1.29 is 9.59 Å². The van der Waals surface area contributed by atoms with Gasteiger partial charge >= 0.3 is 0 Å². The van der Waals surface area contributed by atoms with Gasteiger partial charge in [0, 0.05) is 12.8 Å². The van der Waals surface area contributed by atoms with Gasteiger partial charge in [0.25, 0.3) is 0 Å². The summed E-state index contributed by atoms with van der Waals surface area (Å²) in [5.74, 6) is 0.101. The van der Waals surface area contributed by atoms with Crippen molar-refractivity contribution >= 4 is 11.8 Å². The maximum Gasteiger partial charge on any atom is 0.220 e. The summed E-state index contributed by atoms with van der Waals surface area (Å²) in [6, 6.07) is 19.4. The van der Waals surface area contributed by atoms with Crippen LogP contribution in [0.15, 0.2) is 60.7 Å². The van der Waals surface area contributed by atoms with Gasteiger partial charge in [-0.1, -0.05) is 152 Å². The van der Waals surface area contributed by atoms with Crippen LogP contribution in [0.3, 0.4) is 0 Å². The normalized spacial score (nSPS) is 12.6. The molecule has 4 nitrogen and oxygen atoms in total. The number of carbonyl (C=O) groups is 2. The first-order chi connectivity index (χ1) is 18.7. The average molecular weight is 521 g/mol. The third-order valence-corrected chi connectivity index (χ3v) is 7.30. The molecule has 38 heavy (non-hydrogen) atoms. The van der Waals surface area contributed by atoms with E-state index in [0.29, 0.717) is 12.8 Å². The summed E-state index contributed by atoms with van der Waals surface area (Å²) in [7, 11) is 0. The highest BCUT2D eigenvalue weighted by molar-refractivity contribution is 5.78. The van der Waals surface area contributed by atoms with E-state index in [2.05, 4.69) is 24.5 Å². The van der Waals surface area contributed by atoms with Crippen molar-refractivity contribution in [1.82, 2.24) is 10.6 Å². The van der Waals surface area contributed by atoms with Crippen LogP contribution in [0.4, 0.5) is 0 Å². The van der Waals surface area contributed by atoms with Crippen LogP contribution in [0.25, 0.3) is 0 Å². The number of rotatable bonds is 21. The SMILES string of the molecule is CCCCCCCCCC(=O)N[C@@H](c1ccccc1)[C@@H](NC(=O)CCCCCCCCC)c1ccccc1. The molecule has 0 radical (unpaired) electrons. The maximum atomic E-state index is 13.1. The van der Waals surface area contributed by atoms with E-state index in [1.165, 1.54) is 64.2 Å². The zero-order chi connectivity index (χ0) is 27.3. The molecule has 0 bridgehead atoms. The Labute approximate surface area is 232 Å². The minimum atomic E-state index is -0.325. The molecular formula is C34H52N2O2. The summed E-state index contributed by atoms with van der Waals surface area (Å²) in [5, 5.41) is 6.58. The molecule has 0 fully saturated rings. The Kier molecular flexibility index (Phi) is 16.9. The number of hydrogen-bond acceptors (Lipinski definition) is 2. The third-order valence-electron chi connectivity index (χ3n) is 7.30. The molecule has 0 saturated heterocycles. The molecule has 0 spiro atoms. The van der Waals surface area contributed by atoms with Crippen molar-refractivity contribution in [1.29, 1.82) is 0 Å². The number of benzene rings is 2. The smallest absolute Gasteiger partial charge is 0.220 e. The summed E-state index contributed by atoms with van der Waals surface area (Å²) < 4.78 is 0. The van der Waals surface area contributed by atoms with Crippen LogP contribution >= 0.6 is 0 Å². The van der Waals surface area contributed by atoms with Gasteiger partial charge in [-0.05, 0) is 24.0 Å². The third kappa shape index (κ3) is 13.3. The molecule has 0 heterocycles. The zero-order valence-electron chi connectivity index (χ0n) is 24.1. The van der Waals surface area contributed by atoms with Gasteiger partial charge in [0.1, 0.15) is 0 Å². The number of nitrogens with one attached hydrogen (secondary N) is 2. The van der Waals surface area contributed by atoms with Crippen molar-refractivity contribution in [3.8, 4) is 0 Å². The second-order valence-electron chi connectivity index (χ2n) is 10.7. The monoisotopic (exact) mass is 520 g/mol. The van der Waals surface area contributed by atoms with Gasteiger partial charge in [-0.3, -0.25) is 9.59 Å². The van der Waals surface area contributed by atoms with Crippen molar-refractivity contribution in [3.63, 3.8) is 0 Å². The summed E-state index contributed by atoms with van der Waals surface area (Å²) in [5.41, 5.74) is 2.01. The van der Waals surface area contributed by atoms with Crippen LogP contribution in [-0.4, -0.2) is 11.8 Å². The van der Waals surface area contributed by atoms with E-state index in [0.717, 1.165) is 36.8 Å². The fourth-order valence-electron chi connectivity index (χ4n) is 5.02. The molecule has 0 saturated carbocycles. The number of hydrogen-bond donors (Lipinski definition) is 2. The van der Waals surface area contributed by atoms with E-state index >= 15 is 0 Å². The topological polar surface area (TPSA) is 58.2 Å². The predicted octanol–water partition coefficient (Wildman–Crippen LogP) is 8.98. The Bertz CT molecular complexity index is 795. The average Bonchev–Trinajstić information content (AvgIpc) is 2.95. The molecule has 2 amide bonds. The molecule has 0 aromatic heterocycles. The second-order valence-corrected chi connectivity index (χ2v) is 10.7. The number of amides is 2. The summed E-state index contributed by atoms with van der Waals surface area (Å²) in [6.07, 6.45) is 17.6. The first kappa shape index (κ1) is 31.6. The number of carbonyl (C=O) groups excluding carboxylic acids is 2. The first-order valence-corrected chi connectivity index (χ1v) is 15.3. The van der Waals surface area contributed by atoms with E-state index in [1.54, 1.807) is 0 Å².